The number of nitrogens with one attached hydrogen (secondary N) is 1. The summed E-state index contributed by atoms with van der Waals surface area (Å²) in [5, 5.41) is 3.49. The van der Waals surface area contributed by atoms with Crippen molar-refractivity contribution < 1.29 is 4.79 Å². The van der Waals surface area contributed by atoms with Crippen molar-refractivity contribution in [2.24, 2.45) is 5.92 Å². The van der Waals surface area contributed by atoms with Gasteiger partial charge in [0.05, 0.1) is 0 Å². The third-order valence-corrected chi connectivity index (χ3v) is 5.58. The monoisotopic (exact) mass is 298 g/mol. The lowest BCUT2D eigenvalue weighted by Crippen LogP contribution is -2.45. The van der Waals surface area contributed by atoms with Crippen molar-refractivity contribution in [2.45, 2.75) is 64.5 Å². The van der Waals surface area contributed by atoms with E-state index in [1.165, 1.54) is 31.4 Å². The van der Waals surface area contributed by atoms with Crippen LogP contribution in [0.2, 0.25) is 0 Å². The third-order valence-electron chi connectivity index (χ3n) is 4.45. The van der Waals surface area contributed by atoms with Gasteiger partial charge in [-0.15, -0.1) is 0 Å². The van der Waals surface area contributed by atoms with E-state index in [1.807, 2.05) is 11.8 Å². The number of carbonyl (C=O) groups is 1. The Kier molecular flexibility index (Phi) is 6.69. The van der Waals surface area contributed by atoms with Crippen molar-refractivity contribution in [3.05, 3.63) is 0 Å². The van der Waals surface area contributed by atoms with Crippen molar-refractivity contribution in [3.63, 3.8) is 0 Å². The van der Waals surface area contributed by atoms with Gasteiger partial charge in [0.1, 0.15) is 0 Å². The van der Waals surface area contributed by atoms with E-state index in [4.69, 9.17) is 0 Å². The standard InChI is InChI=1S/C16H30N2OS/c1-13(2)7-9-18(15-5-3-4-6-15)16(19)11-14-12-20-10-8-17-14/h13-15,17H,3-12H2,1-2H3. The van der Waals surface area contributed by atoms with Crippen LogP contribution in [0.4, 0.5) is 0 Å². The summed E-state index contributed by atoms with van der Waals surface area (Å²) in [5.74, 6) is 3.34. The molecule has 0 aromatic rings. The Morgan fingerprint density at radius 1 is 1.35 bits per heavy atom. The molecule has 0 spiro atoms. The molecule has 116 valence electrons. The Labute approximate surface area is 128 Å². The van der Waals surface area contributed by atoms with E-state index in [9.17, 15) is 4.79 Å². The first-order chi connectivity index (χ1) is 9.66. The summed E-state index contributed by atoms with van der Waals surface area (Å²) in [7, 11) is 0. The van der Waals surface area contributed by atoms with Gasteiger partial charge in [0.25, 0.3) is 0 Å². The second kappa shape index (κ2) is 8.28. The number of nitrogens with zero attached hydrogens (tertiary/aromatic N) is 1. The van der Waals surface area contributed by atoms with Gasteiger partial charge in [-0.25, -0.2) is 0 Å². The van der Waals surface area contributed by atoms with Gasteiger partial charge in [-0.05, 0) is 25.2 Å². The number of hydrogen-bond donors (Lipinski definition) is 1. The third kappa shape index (κ3) is 4.96. The maximum Gasteiger partial charge on any atom is 0.224 e. The minimum Gasteiger partial charge on any atom is -0.340 e. The number of thioether (sulfide) groups is 1. The summed E-state index contributed by atoms with van der Waals surface area (Å²) in [6, 6.07) is 0.918. The molecule has 1 unspecified atom stereocenters. The van der Waals surface area contributed by atoms with E-state index in [0.717, 1.165) is 25.3 Å². The van der Waals surface area contributed by atoms with Crippen molar-refractivity contribution in [2.75, 3.05) is 24.6 Å². The molecular weight excluding hydrogens is 268 g/mol. The largest absolute Gasteiger partial charge is 0.340 e. The summed E-state index contributed by atoms with van der Waals surface area (Å²) in [5.41, 5.74) is 0. The van der Waals surface area contributed by atoms with E-state index in [1.54, 1.807) is 0 Å². The van der Waals surface area contributed by atoms with E-state index in [2.05, 4.69) is 24.1 Å². The molecule has 3 nitrogen and oxygen atoms in total. The lowest BCUT2D eigenvalue weighted by atomic mass is 10.1. The summed E-state index contributed by atoms with van der Waals surface area (Å²) in [6.45, 7) is 6.51. The zero-order chi connectivity index (χ0) is 14.4. The zero-order valence-corrected chi connectivity index (χ0v) is 13.9. The number of rotatable bonds is 6. The highest BCUT2D eigenvalue weighted by Gasteiger charge is 2.28. The van der Waals surface area contributed by atoms with Crippen molar-refractivity contribution in [1.29, 1.82) is 0 Å². The van der Waals surface area contributed by atoms with Gasteiger partial charge in [-0.2, -0.15) is 11.8 Å². The van der Waals surface area contributed by atoms with Crippen molar-refractivity contribution in [1.82, 2.24) is 10.2 Å². The van der Waals surface area contributed by atoms with Crippen LogP contribution >= 0.6 is 11.8 Å². The average Bonchev–Trinajstić information content (AvgIpc) is 2.93. The van der Waals surface area contributed by atoms with Crippen LogP contribution in [0.3, 0.4) is 0 Å². The minimum atomic E-state index is 0.387. The predicted molar refractivity (Wildman–Crippen MR) is 87.2 cm³/mol. The quantitative estimate of drug-likeness (QED) is 0.818. The molecule has 1 saturated heterocycles. The Hall–Kier alpha value is -0.220. The lowest BCUT2D eigenvalue weighted by molar-refractivity contribution is -0.134. The first kappa shape index (κ1) is 16.2. The highest BCUT2D eigenvalue weighted by molar-refractivity contribution is 7.99. The molecule has 2 aliphatic rings. The Morgan fingerprint density at radius 2 is 2.10 bits per heavy atom. The maximum absolute atomic E-state index is 12.7. The van der Waals surface area contributed by atoms with Gasteiger partial charge in [-0.1, -0.05) is 26.7 Å². The summed E-state index contributed by atoms with van der Waals surface area (Å²) in [6.07, 6.45) is 6.87. The normalized spacial score (nSPS) is 24.2. The first-order valence-corrected chi connectivity index (χ1v) is 9.43. The molecule has 0 aromatic carbocycles. The molecule has 1 atom stereocenters. The fraction of sp³-hybridized carbons (Fsp3) is 0.938. The zero-order valence-electron chi connectivity index (χ0n) is 13.1. The first-order valence-electron chi connectivity index (χ1n) is 8.27. The minimum absolute atomic E-state index is 0.387. The molecule has 1 saturated carbocycles. The molecule has 20 heavy (non-hydrogen) atoms. The van der Waals surface area contributed by atoms with Crippen LogP contribution in [0.5, 0.6) is 0 Å². The van der Waals surface area contributed by atoms with Gasteiger partial charge in [0, 0.05) is 43.1 Å². The summed E-state index contributed by atoms with van der Waals surface area (Å²) >= 11 is 1.97. The molecule has 4 heteroatoms. The van der Waals surface area contributed by atoms with Crippen LogP contribution < -0.4 is 5.32 Å². The number of amides is 1. The van der Waals surface area contributed by atoms with Crippen LogP contribution in [0.25, 0.3) is 0 Å². The smallest absolute Gasteiger partial charge is 0.224 e. The van der Waals surface area contributed by atoms with Crippen molar-refractivity contribution in [3.8, 4) is 0 Å². The fourth-order valence-electron chi connectivity index (χ4n) is 3.20. The van der Waals surface area contributed by atoms with Crippen LogP contribution in [0, 0.1) is 5.92 Å². The highest BCUT2D eigenvalue weighted by atomic mass is 32.2. The van der Waals surface area contributed by atoms with Gasteiger partial charge >= 0.3 is 0 Å². The molecule has 0 aromatic heterocycles. The van der Waals surface area contributed by atoms with Gasteiger partial charge < -0.3 is 10.2 Å². The molecule has 1 N–H and O–H groups in total. The summed E-state index contributed by atoms with van der Waals surface area (Å²) in [4.78, 5) is 14.9. The molecule has 2 rings (SSSR count). The second-order valence-corrected chi connectivity index (χ2v) is 7.79. The molecule has 1 heterocycles. The Morgan fingerprint density at radius 3 is 2.70 bits per heavy atom. The maximum atomic E-state index is 12.7. The van der Waals surface area contributed by atoms with E-state index < -0.39 is 0 Å². The summed E-state index contributed by atoms with van der Waals surface area (Å²) < 4.78 is 0. The van der Waals surface area contributed by atoms with Gasteiger partial charge in [0.2, 0.25) is 5.91 Å². The van der Waals surface area contributed by atoms with Gasteiger partial charge in [-0.3, -0.25) is 4.79 Å². The number of hydrogen-bond acceptors (Lipinski definition) is 3. The van der Waals surface area contributed by atoms with Crippen LogP contribution in [-0.4, -0.2) is 47.5 Å². The topological polar surface area (TPSA) is 32.3 Å². The second-order valence-electron chi connectivity index (χ2n) is 6.64. The van der Waals surface area contributed by atoms with E-state index in [0.29, 0.717) is 30.3 Å². The van der Waals surface area contributed by atoms with E-state index >= 15 is 0 Å². The molecule has 2 fully saturated rings. The Balaban J connectivity index is 1.87. The van der Waals surface area contributed by atoms with Crippen LogP contribution in [0.1, 0.15) is 52.4 Å². The molecule has 1 aliphatic carbocycles. The molecule has 0 bridgehead atoms. The average molecular weight is 298 g/mol. The van der Waals surface area contributed by atoms with Gasteiger partial charge in [0.15, 0.2) is 0 Å². The lowest BCUT2D eigenvalue weighted by Gasteiger charge is -2.32. The highest BCUT2D eigenvalue weighted by Crippen LogP contribution is 2.25. The predicted octanol–water partition coefficient (Wildman–Crippen LogP) is 2.90. The van der Waals surface area contributed by atoms with E-state index in [-0.39, 0.29) is 0 Å². The van der Waals surface area contributed by atoms with Crippen molar-refractivity contribution >= 4 is 17.7 Å². The molecule has 1 aliphatic heterocycles. The molecule has 0 radical (unpaired) electrons. The van der Waals surface area contributed by atoms with Crippen LogP contribution in [-0.2, 0) is 4.79 Å². The molecular formula is C16H30N2OS. The Bertz CT molecular complexity index is 297. The van der Waals surface area contributed by atoms with Crippen LogP contribution in [0.15, 0.2) is 0 Å². The number of carbonyl (C=O) groups excluding carboxylic acids is 1. The fourth-order valence-corrected chi connectivity index (χ4v) is 4.15. The SMILES string of the molecule is CC(C)CCN(C(=O)CC1CSCCN1)C1CCCC1. The molecule has 1 amide bonds.